The second-order valence-electron chi connectivity index (χ2n) is 0.552. The molecule has 0 unspecified atom stereocenters. The molecule has 0 fully saturated rings. The molecule has 0 saturated carbocycles. The van der Waals surface area contributed by atoms with Gasteiger partial charge in [-0.2, -0.15) is 0 Å². The average Bonchev–Trinajstić information content (AvgIpc) is 1.41. The zero-order valence-corrected chi connectivity index (χ0v) is 5.52. The molecule has 0 heterocycles. The molecule has 3 heteroatoms. The topological polar surface area (TPSA) is 26.3 Å². The third-order valence-corrected chi connectivity index (χ3v) is 1.22. The van der Waals surface area contributed by atoms with Crippen molar-refractivity contribution in [2.24, 2.45) is 0 Å². The molecule has 0 atom stereocenters. The minimum atomic E-state index is -1.45. The molecule has 2 nitrogen and oxygen atoms in total. The fourth-order valence-corrected chi connectivity index (χ4v) is 0.354. The van der Waals surface area contributed by atoms with Gasteiger partial charge in [-0.05, 0) is 0 Å². The normalized spacial score (nSPS) is 6.60. The molecule has 0 aromatic carbocycles. The molecule has 0 saturated heterocycles. The van der Waals surface area contributed by atoms with Crippen LogP contribution < -0.4 is 0 Å². The summed E-state index contributed by atoms with van der Waals surface area (Å²) in [5, 5.41) is 0. The number of hydrogen-bond acceptors (Lipinski definition) is 2. The van der Waals surface area contributed by atoms with E-state index in [-0.39, 0.29) is 0 Å². The average molecular weight is 135 g/mol. The van der Waals surface area contributed by atoms with E-state index in [4.69, 9.17) is 0 Å². The van der Waals surface area contributed by atoms with Crippen LogP contribution in [0.3, 0.4) is 0 Å². The van der Waals surface area contributed by atoms with Crippen LogP contribution in [-0.4, -0.2) is 22.3 Å². The second-order valence-corrected chi connectivity index (χ2v) is 1.65. The van der Waals surface area contributed by atoms with E-state index in [2.05, 4.69) is 3.76 Å². The van der Waals surface area contributed by atoms with E-state index in [1.807, 2.05) is 6.92 Å². The molecule has 0 aliphatic carbocycles. The molecule has 0 amide bonds. The molecule has 0 rings (SSSR count). The Morgan fingerprint density at radius 3 is 2.60 bits per heavy atom. The summed E-state index contributed by atoms with van der Waals surface area (Å²) in [7, 11) is 0. The maximum atomic E-state index is 9.46. The van der Waals surface area contributed by atoms with Gasteiger partial charge in [0.25, 0.3) is 0 Å². The molecule has 0 N–H and O–H groups in total. The van der Waals surface area contributed by atoms with Gasteiger partial charge < -0.3 is 0 Å². The first-order valence-electron chi connectivity index (χ1n) is 1.47. The third-order valence-electron chi connectivity index (χ3n) is 0.235. The van der Waals surface area contributed by atoms with Crippen molar-refractivity contribution in [3.63, 3.8) is 0 Å². The van der Waals surface area contributed by atoms with E-state index in [0.717, 1.165) is 0 Å². The van der Waals surface area contributed by atoms with Gasteiger partial charge in [-0.25, -0.2) is 0 Å². The van der Waals surface area contributed by atoms with Crippen LogP contribution in [0.1, 0.15) is 6.92 Å². The van der Waals surface area contributed by atoms with Crippen LogP contribution in [0.25, 0.3) is 0 Å². The van der Waals surface area contributed by atoms with Gasteiger partial charge in [-0.3, -0.25) is 0 Å². The predicted octanol–water partition coefficient (Wildman–Crippen LogP) is -0.280. The summed E-state index contributed by atoms with van der Waals surface area (Å²) in [4.78, 5) is 0. The van der Waals surface area contributed by atoms with Gasteiger partial charge in [-0.1, -0.05) is 0 Å². The van der Waals surface area contributed by atoms with E-state index in [9.17, 15) is 3.78 Å². The van der Waals surface area contributed by atoms with Crippen LogP contribution in [0.15, 0.2) is 0 Å². The van der Waals surface area contributed by atoms with Gasteiger partial charge in [-0.15, -0.1) is 0 Å². The van der Waals surface area contributed by atoms with Crippen LogP contribution in [0.5, 0.6) is 0 Å². The summed E-state index contributed by atoms with van der Waals surface area (Å²) in [5.41, 5.74) is 0. The molecule has 0 aromatic heterocycles. The maximum absolute atomic E-state index is 9.46. The van der Waals surface area contributed by atoms with Gasteiger partial charge in [0.2, 0.25) is 0 Å². The van der Waals surface area contributed by atoms with E-state index in [1.165, 1.54) is 0 Å². The van der Waals surface area contributed by atoms with E-state index < -0.39 is 15.7 Å². The van der Waals surface area contributed by atoms with Crippen LogP contribution in [0.2, 0.25) is 0 Å². The van der Waals surface area contributed by atoms with Crippen LogP contribution >= 0.6 is 0 Å². The fourth-order valence-electron chi connectivity index (χ4n) is 0.0680. The third kappa shape index (κ3) is 4.14. The van der Waals surface area contributed by atoms with Gasteiger partial charge in [0.05, 0.1) is 0 Å². The van der Waals surface area contributed by atoms with Crippen molar-refractivity contribution in [3.05, 3.63) is 0 Å². The number of hydrogen-bond donors (Lipinski definition) is 0. The molecule has 0 spiro atoms. The monoisotopic (exact) mass is 136 g/mol. The quantitative estimate of drug-likeness (QED) is 0.486. The first-order chi connectivity index (χ1) is 2.41. The molecule has 30 valence electrons. The van der Waals surface area contributed by atoms with Crippen molar-refractivity contribution < 1.29 is 7.54 Å². The Balaban J connectivity index is 2.40. The zero-order chi connectivity index (χ0) is 4.12. The Morgan fingerprint density at radius 1 is 2.00 bits per heavy atom. The first-order valence-corrected chi connectivity index (χ1v) is 3.45. The van der Waals surface area contributed by atoms with Crippen molar-refractivity contribution in [2.45, 2.75) is 6.92 Å². The van der Waals surface area contributed by atoms with Crippen molar-refractivity contribution >= 4 is 15.7 Å². The zero-order valence-electron chi connectivity index (χ0n) is 3.10. The standard InChI is InChI=1S/C2H6GeO2/c1-2-5-3-4/h3H,2H2,1H3. The Kier molecular flexibility index (Phi) is 4.26. The molecule has 0 radical (unpaired) electrons. The van der Waals surface area contributed by atoms with E-state index in [0.29, 0.717) is 6.61 Å². The minimum absolute atomic E-state index is 0.601. The molecule has 0 aliphatic heterocycles. The summed E-state index contributed by atoms with van der Waals surface area (Å²) < 4.78 is 13.9. The predicted molar refractivity (Wildman–Crippen MR) is 19.5 cm³/mol. The summed E-state index contributed by atoms with van der Waals surface area (Å²) in [6.07, 6.45) is 0. The van der Waals surface area contributed by atoms with Crippen molar-refractivity contribution in [3.8, 4) is 0 Å². The Hall–Kier alpha value is 0.143. The fraction of sp³-hybridized carbons (Fsp3) is 1.00. The summed E-state index contributed by atoms with van der Waals surface area (Å²) in [6, 6.07) is 0. The van der Waals surface area contributed by atoms with Crippen molar-refractivity contribution in [1.82, 2.24) is 0 Å². The van der Waals surface area contributed by atoms with Crippen molar-refractivity contribution in [1.29, 1.82) is 0 Å². The Morgan fingerprint density at radius 2 is 2.60 bits per heavy atom. The van der Waals surface area contributed by atoms with Gasteiger partial charge in [0.1, 0.15) is 0 Å². The first kappa shape index (κ1) is 5.14. The molecule has 0 bridgehead atoms. The van der Waals surface area contributed by atoms with Crippen LogP contribution in [0, 0.1) is 0 Å². The van der Waals surface area contributed by atoms with Gasteiger partial charge in [0.15, 0.2) is 0 Å². The summed E-state index contributed by atoms with van der Waals surface area (Å²) in [6.45, 7) is 2.43. The molecular weight excluding hydrogens is 129 g/mol. The van der Waals surface area contributed by atoms with Crippen LogP contribution in [-0.2, 0) is 7.54 Å². The second kappa shape index (κ2) is 4.14. The summed E-state index contributed by atoms with van der Waals surface area (Å²) in [5.74, 6) is 0. The Labute approximate surface area is 37.5 Å². The molecular formula is C2H6GeO2. The van der Waals surface area contributed by atoms with E-state index >= 15 is 0 Å². The number of rotatable bonds is 2. The molecule has 0 aromatic rings. The SMILES string of the molecule is CC[O][GeH]=[O]. The van der Waals surface area contributed by atoms with Gasteiger partial charge in [0, 0.05) is 0 Å². The van der Waals surface area contributed by atoms with Gasteiger partial charge >= 0.3 is 36.8 Å². The van der Waals surface area contributed by atoms with E-state index in [1.54, 1.807) is 0 Å². The Bertz CT molecular complexity index is 28.8. The molecule has 0 aliphatic rings. The van der Waals surface area contributed by atoms with Crippen LogP contribution in [0.4, 0.5) is 0 Å². The summed E-state index contributed by atoms with van der Waals surface area (Å²) >= 11 is -1.45. The van der Waals surface area contributed by atoms with Crippen molar-refractivity contribution in [2.75, 3.05) is 6.61 Å². The molecule has 5 heavy (non-hydrogen) atoms.